The van der Waals surface area contributed by atoms with Crippen LogP contribution in [0.4, 0.5) is 10.1 Å². The van der Waals surface area contributed by atoms with Crippen molar-refractivity contribution in [1.82, 2.24) is 14.4 Å². The summed E-state index contributed by atoms with van der Waals surface area (Å²) in [5.41, 5.74) is 1.05. The van der Waals surface area contributed by atoms with Gasteiger partial charge >= 0.3 is 0 Å². The van der Waals surface area contributed by atoms with Crippen LogP contribution in [0, 0.1) is 11.7 Å². The van der Waals surface area contributed by atoms with Gasteiger partial charge in [0.15, 0.2) is 0 Å². The molecule has 2 aromatic heterocycles. The Bertz CT molecular complexity index is 1170. The van der Waals surface area contributed by atoms with Crippen molar-refractivity contribution in [2.75, 3.05) is 18.4 Å². The summed E-state index contributed by atoms with van der Waals surface area (Å²) in [5.74, 6) is -0.328. The van der Waals surface area contributed by atoms with Crippen LogP contribution in [0.2, 0.25) is 0 Å². The molecule has 0 aliphatic carbocycles. The molecule has 0 radical (unpaired) electrons. The zero-order chi connectivity index (χ0) is 22.0. The van der Waals surface area contributed by atoms with Crippen LogP contribution in [0.1, 0.15) is 25.7 Å². The molecule has 0 spiro atoms. The number of anilines is 1. The molecule has 1 unspecified atom stereocenters. The van der Waals surface area contributed by atoms with Gasteiger partial charge in [0.05, 0.1) is 5.92 Å². The fraction of sp³-hybridized carbons (Fsp3) is 0.350. The smallest absolute Gasteiger partial charge is 0.252 e. The molecule has 0 bridgehead atoms. The van der Waals surface area contributed by atoms with E-state index >= 15 is 0 Å². The molecule has 3 heterocycles. The van der Waals surface area contributed by atoms with Crippen LogP contribution in [-0.2, 0) is 21.2 Å². The Morgan fingerprint density at radius 2 is 2.13 bits per heavy atom. The lowest BCUT2D eigenvalue weighted by molar-refractivity contribution is -0.120. The first-order chi connectivity index (χ1) is 14.9. The number of piperidine rings is 1. The molecule has 0 saturated carbocycles. The van der Waals surface area contributed by atoms with Crippen molar-refractivity contribution in [2.24, 2.45) is 5.92 Å². The summed E-state index contributed by atoms with van der Waals surface area (Å²) < 4.78 is 46.0. The first-order valence-electron chi connectivity index (χ1n) is 9.85. The minimum atomic E-state index is -3.76. The number of thiophene rings is 1. The van der Waals surface area contributed by atoms with Crippen LogP contribution < -0.4 is 5.32 Å². The van der Waals surface area contributed by atoms with Crippen LogP contribution in [0.3, 0.4) is 0 Å². The second-order valence-corrected chi connectivity index (χ2v) is 10.3. The molecular weight excluding hydrogens is 443 g/mol. The second-order valence-electron chi connectivity index (χ2n) is 7.22. The van der Waals surface area contributed by atoms with Crippen molar-refractivity contribution in [3.8, 4) is 11.4 Å². The first kappa shape index (κ1) is 21.6. The van der Waals surface area contributed by atoms with E-state index in [1.54, 1.807) is 5.38 Å². The number of sulfonamides is 1. The summed E-state index contributed by atoms with van der Waals surface area (Å²) in [4.78, 5) is 16.9. The van der Waals surface area contributed by atoms with Crippen LogP contribution in [-0.4, -0.2) is 41.9 Å². The van der Waals surface area contributed by atoms with Gasteiger partial charge in [-0.2, -0.15) is 9.29 Å². The first-order valence-corrected chi connectivity index (χ1v) is 12.2. The van der Waals surface area contributed by atoms with Crippen molar-refractivity contribution in [1.29, 1.82) is 0 Å². The summed E-state index contributed by atoms with van der Waals surface area (Å²) >= 11 is 1.09. The maximum atomic E-state index is 13.2. The average molecular weight is 465 g/mol. The normalized spacial score (nSPS) is 17.5. The van der Waals surface area contributed by atoms with Crippen molar-refractivity contribution >= 4 is 33.0 Å². The summed E-state index contributed by atoms with van der Waals surface area (Å²) in [7, 11) is -3.76. The SMILES string of the molecule is CCc1nc(-c2csc(S(=O)(=O)N3CCCC(C(=O)Nc4ccc(F)cc4)C3)c2)no1. The van der Waals surface area contributed by atoms with E-state index in [9.17, 15) is 17.6 Å². The van der Waals surface area contributed by atoms with Gasteiger partial charge in [-0.1, -0.05) is 12.1 Å². The van der Waals surface area contributed by atoms with Gasteiger partial charge in [0.2, 0.25) is 17.6 Å². The molecule has 4 rings (SSSR count). The zero-order valence-electron chi connectivity index (χ0n) is 16.7. The van der Waals surface area contributed by atoms with Crippen molar-refractivity contribution in [3.05, 3.63) is 47.4 Å². The van der Waals surface area contributed by atoms with E-state index in [1.165, 1.54) is 34.6 Å². The predicted octanol–water partition coefficient (Wildman–Crippen LogP) is 3.54. The number of carbonyl (C=O) groups excluding carboxylic acids is 1. The Balaban J connectivity index is 1.47. The fourth-order valence-electron chi connectivity index (χ4n) is 3.36. The lowest BCUT2D eigenvalue weighted by Gasteiger charge is -2.30. The van der Waals surface area contributed by atoms with E-state index < -0.39 is 21.8 Å². The number of hydrogen-bond donors (Lipinski definition) is 1. The van der Waals surface area contributed by atoms with E-state index in [-0.39, 0.29) is 16.7 Å². The molecule has 1 amide bonds. The number of rotatable bonds is 6. The van der Waals surface area contributed by atoms with Crippen molar-refractivity contribution in [2.45, 2.75) is 30.4 Å². The molecule has 3 aromatic rings. The molecule has 164 valence electrons. The number of aryl methyl sites for hydroxylation is 1. The summed E-state index contributed by atoms with van der Waals surface area (Å²) in [6.45, 7) is 2.32. The lowest BCUT2D eigenvalue weighted by atomic mass is 9.99. The number of hydrogen-bond acceptors (Lipinski definition) is 7. The van der Waals surface area contributed by atoms with E-state index in [4.69, 9.17) is 4.52 Å². The molecule has 1 N–H and O–H groups in total. The van der Waals surface area contributed by atoms with Crippen molar-refractivity contribution in [3.63, 3.8) is 0 Å². The number of halogens is 1. The quantitative estimate of drug-likeness (QED) is 0.598. The predicted molar refractivity (Wildman–Crippen MR) is 114 cm³/mol. The number of nitrogens with zero attached hydrogens (tertiary/aromatic N) is 3. The average Bonchev–Trinajstić information content (AvgIpc) is 3.45. The van der Waals surface area contributed by atoms with Crippen LogP contribution in [0.5, 0.6) is 0 Å². The molecule has 1 aromatic carbocycles. The van der Waals surface area contributed by atoms with Gasteiger partial charge in [-0.25, -0.2) is 12.8 Å². The maximum absolute atomic E-state index is 13.2. The topological polar surface area (TPSA) is 105 Å². The van der Waals surface area contributed by atoms with Gasteiger partial charge in [-0.05, 0) is 43.2 Å². The van der Waals surface area contributed by atoms with E-state index in [0.717, 1.165) is 11.3 Å². The van der Waals surface area contributed by atoms with Gasteiger partial charge in [0.25, 0.3) is 10.0 Å². The molecule has 31 heavy (non-hydrogen) atoms. The highest BCUT2D eigenvalue weighted by atomic mass is 32.2. The Hall–Kier alpha value is -2.63. The molecule has 1 aliphatic rings. The Labute approximate surface area is 183 Å². The Morgan fingerprint density at radius 1 is 1.35 bits per heavy atom. The fourth-order valence-corrected chi connectivity index (χ4v) is 6.20. The van der Waals surface area contributed by atoms with Gasteiger partial charge in [0.1, 0.15) is 10.0 Å². The third-order valence-electron chi connectivity index (χ3n) is 5.06. The number of amides is 1. The third-order valence-corrected chi connectivity index (χ3v) is 8.35. The number of aromatic nitrogens is 2. The maximum Gasteiger partial charge on any atom is 0.252 e. The minimum absolute atomic E-state index is 0.0881. The van der Waals surface area contributed by atoms with Gasteiger partial charge in [-0.3, -0.25) is 4.79 Å². The van der Waals surface area contributed by atoms with Crippen LogP contribution >= 0.6 is 11.3 Å². The number of carbonyl (C=O) groups is 1. The molecular formula is C20H21FN4O4S2. The van der Waals surface area contributed by atoms with E-state index in [0.29, 0.717) is 48.8 Å². The highest BCUT2D eigenvalue weighted by molar-refractivity contribution is 7.91. The molecule has 1 atom stereocenters. The highest BCUT2D eigenvalue weighted by Gasteiger charge is 2.34. The largest absolute Gasteiger partial charge is 0.339 e. The summed E-state index contributed by atoms with van der Waals surface area (Å²) in [6, 6.07) is 7.00. The van der Waals surface area contributed by atoms with Crippen molar-refractivity contribution < 1.29 is 22.1 Å². The zero-order valence-corrected chi connectivity index (χ0v) is 18.4. The van der Waals surface area contributed by atoms with Crippen LogP contribution in [0.25, 0.3) is 11.4 Å². The lowest BCUT2D eigenvalue weighted by Crippen LogP contribution is -2.43. The Morgan fingerprint density at radius 3 is 2.84 bits per heavy atom. The Kier molecular flexibility index (Phi) is 6.17. The minimum Gasteiger partial charge on any atom is -0.339 e. The molecule has 1 aliphatic heterocycles. The van der Waals surface area contributed by atoms with Gasteiger partial charge in [-0.15, -0.1) is 11.3 Å². The molecule has 8 nitrogen and oxygen atoms in total. The molecule has 11 heteroatoms. The van der Waals surface area contributed by atoms with Crippen LogP contribution in [0.15, 0.2) is 44.4 Å². The van der Waals surface area contributed by atoms with Gasteiger partial charge < -0.3 is 9.84 Å². The summed E-state index contributed by atoms with van der Waals surface area (Å²) in [5, 5.41) is 8.29. The monoisotopic (exact) mass is 464 g/mol. The molecule has 1 fully saturated rings. The second kappa shape index (κ2) is 8.85. The summed E-state index contributed by atoms with van der Waals surface area (Å²) in [6.07, 6.45) is 1.75. The number of benzene rings is 1. The van der Waals surface area contributed by atoms with Gasteiger partial charge in [0, 0.05) is 36.1 Å². The third kappa shape index (κ3) is 4.68. The highest BCUT2D eigenvalue weighted by Crippen LogP contribution is 2.31. The van der Waals surface area contributed by atoms with E-state index in [1.807, 2.05) is 6.92 Å². The molecule has 1 saturated heterocycles. The standard InChI is InChI=1S/C20H21FN4O4S2/c1-2-17-23-19(24-29-17)14-10-18(30-12-14)31(27,28)25-9-3-4-13(11-25)20(26)22-16-7-5-15(21)6-8-16/h5-8,10,12-13H,2-4,9,11H2,1H3,(H,22,26). The van der Waals surface area contributed by atoms with E-state index in [2.05, 4.69) is 15.5 Å². The number of nitrogens with one attached hydrogen (secondary N) is 1.